The van der Waals surface area contributed by atoms with E-state index >= 15 is 0 Å². The normalized spacial score (nSPS) is 13.1. The molecule has 7 heteroatoms. The van der Waals surface area contributed by atoms with Crippen LogP contribution in [0, 0.1) is 5.82 Å². The van der Waals surface area contributed by atoms with E-state index in [1.807, 2.05) is 33.9 Å². The lowest BCUT2D eigenvalue weighted by atomic mass is 10.1. The van der Waals surface area contributed by atoms with Crippen LogP contribution < -0.4 is 5.32 Å². The van der Waals surface area contributed by atoms with E-state index in [9.17, 15) is 14.0 Å². The first-order valence-electron chi connectivity index (χ1n) is 7.48. The van der Waals surface area contributed by atoms with Crippen molar-refractivity contribution in [2.75, 3.05) is 0 Å². The first kappa shape index (κ1) is 20.4. The van der Waals surface area contributed by atoms with Crippen LogP contribution in [-0.4, -0.2) is 25.5 Å². The zero-order chi connectivity index (χ0) is 18.7. The Kier molecular flexibility index (Phi) is 6.36. The van der Waals surface area contributed by atoms with Crippen LogP contribution in [0.4, 0.5) is 4.39 Å². The summed E-state index contributed by atoms with van der Waals surface area (Å²) in [5, 5.41) is 2.25. The van der Waals surface area contributed by atoms with Crippen molar-refractivity contribution < 1.29 is 18.4 Å². The molecule has 0 fully saturated rings. The number of ketones is 1. The SMILES string of the molecule is C=C(O[Si](C)(C)C(C)(C)C)C(=O)NC(Cl)C(=O)c1ccc(F)cc1. The van der Waals surface area contributed by atoms with E-state index < -0.39 is 31.3 Å². The summed E-state index contributed by atoms with van der Waals surface area (Å²) in [5.74, 6) is -1.71. The van der Waals surface area contributed by atoms with Gasteiger partial charge in [0.2, 0.25) is 0 Å². The van der Waals surface area contributed by atoms with Gasteiger partial charge in [0, 0.05) is 5.56 Å². The van der Waals surface area contributed by atoms with Gasteiger partial charge in [-0.15, -0.1) is 0 Å². The molecule has 132 valence electrons. The van der Waals surface area contributed by atoms with Crippen molar-refractivity contribution in [1.29, 1.82) is 0 Å². The van der Waals surface area contributed by atoms with Crippen LogP contribution in [0.1, 0.15) is 31.1 Å². The van der Waals surface area contributed by atoms with Crippen molar-refractivity contribution in [2.45, 2.75) is 44.4 Å². The number of halogens is 2. The highest BCUT2D eigenvalue weighted by atomic mass is 35.5. The van der Waals surface area contributed by atoms with E-state index in [4.69, 9.17) is 16.0 Å². The van der Waals surface area contributed by atoms with Crippen molar-refractivity contribution in [2.24, 2.45) is 0 Å². The lowest BCUT2D eigenvalue weighted by molar-refractivity contribution is -0.119. The Labute approximate surface area is 148 Å². The average Bonchev–Trinajstić information content (AvgIpc) is 2.45. The maximum atomic E-state index is 12.9. The zero-order valence-electron chi connectivity index (χ0n) is 14.6. The number of carbonyl (C=O) groups is 2. The number of carbonyl (C=O) groups excluding carboxylic acids is 2. The highest BCUT2D eigenvalue weighted by Crippen LogP contribution is 2.37. The van der Waals surface area contributed by atoms with E-state index in [0.29, 0.717) is 0 Å². The van der Waals surface area contributed by atoms with Gasteiger partial charge in [-0.1, -0.05) is 39.0 Å². The topological polar surface area (TPSA) is 55.4 Å². The highest BCUT2D eigenvalue weighted by Gasteiger charge is 2.40. The third-order valence-corrected chi connectivity index (χ3v) is 8.73. The Morgan fingerprint density at radius 1 is 1.25 bits per heavy atom. The molecule has 0 bridgehead atoms. The molecule has 0 aliphatic heterocycles. The molecule has 1 rings (SSSR count). The molecule has 1 N–H and O–H groups in total. The predicted octanol–water partition coefficient (Wildman–Crippen LogP) is 4.23. The van der Waals surface area contributed by atoms with E-state index in [2.05, 4.69) is 11.9 Å². The molecule has 1 aromatic rings. The molecular formula is C17H23ClFNO3Si. The number of hydrogen-bond donors (Lipinski definition) is 1. The Balaban J connectivity index is 2.71. The van der Waals surface area contributed by atoms with Gasteiger partial charge in [0.1, 0.15) is 5.82 Å². The number of nitrogens with one attached hydrogen (secondary N) is 1. The second-order valence-corrected chi connectivity index (χ2v) is 12.2. The Hall–Kier alpha value is -1.66. The molecule has 24 heavy (non-hydrogen) atoms. The van der Waals surface area contributed by atoms with Gasteiger partial charge in [0.05, 0.1) is 0 Å². The fourth-order valence-electron chi connectivity index (χ4n) is 1.53. The van der Waals surface area contributed by atoms with Gasteiger partial charge >= 0.3 is 0 Å². The molecule has 0 heterocycles. The van der Waals surface area contributed by atoms with Crippen molar-refractivity contribution in [3.63, 3.8) is 0 Å². The van der Waals surface area contributed by atoms with E-state index in [-0.39, 0.29) is 16.4 Å². The Morgan fingerprint density at radius 2 is 1.75 bits per heavy atom. The Bertz CT molecular complexity index is 638. The third kappa shape index (κ3) is 5.17. The van der Waals surface area contributed by atoms with Gasteiger partial charge in [0.25, 0.3) is 14.2 Å². The lowest BCUT2D eigenvalue weighted by Gasteiger charge is -2.36. The van der Waals surface area contributed by atoms with Gasteiger partial charge < -0.3 is 9.74 Å². The molecule has 1 amide bonds. The van der Waals surface area contributed by atoms with Gasteiger partial charge in [0.15, 0.2) is 17.0 Å². The van der Waals surface area contributed by atoms with Crippen LogP contribution in [-0.2, 0) is 9.22 Å². The van der Waals surface area contributed by atoms with Crippen molar-refractivity contribution in [1.82, 2.24) is 5.32 Å². The average molecular weight is 372 g/mol. The number of Topliss-reactive ketones (excluding diaryl/α,β-unsaturated/α-hetero) is 1. The van der Waals surface area contributed by atoms with E-state index in [1.165, 1.54) is 12.1 Å². The smallest absolute Gasteiger partial charge is 0.285 e. The molecule has 1 unspecified atom stereocenters. The second-order valence-electron chi connectivity index (χ2n) is 6.99. The molecule has 0 saturated carbocycles. The van der Waals surface area contributed by atoms with E-state index in [1.54, 1.807) is 0 Å². The Morgan fingerprint density at radius 3 is 2.21 bits per heavy atom. The summed E-state index contributed by atoms with van der Waals surface area (Å²) in [7, 11) is -2.21. The molecule has 0 saturated heterocycles. The summed E-state index contributed by atoms with van der Waals surface area (Å²) in [6.07, 6.45) is 0. The lowest BCUT2D eigenvalue weighted by Crippen LogP contribution is -2.44. The first-order chi connectivity index (χ1) is 10.8. The fourth-order valence-corrected chi connectivity index (χ4v) is 2.77. The zero-order valence-corrected chi connectivity index (χ0v) is 16.3. The van der Waals surface area contributed by atoms with Crippen LogP contribution in [0.3, 0.4) is 0 Å². The molecule has 1 atom stereocenters. The molecule has 4 nitrogen and oxygen atoms in total. The minimum Gasteiger partial charge on any atom is -0.540 e. The molecule has 0 aliphatic rings. The summed E-state index contributed by atoms with van der Waals surface area (Å²) in [5.41, 5.74) is -1.09. The third-order valence-electron chi connectivity index (χ3n) is 4.05. The highest BCUT2D eigenvalue weighted by molar-refractivity contribution is 6.74. The number of amides is 1. The van der Waals surface area contributed by atoms with Gasteiger partial charge in [-0.25, -0.2) is 4.39 Å². The molecule has 0 radical (unpaired) electrons. The van der Waals surface area contributed by atoms with Crippen LogP contribution >= 0.6 is 11.6 Å². The van der Waals surface area contributed by atoms with Gasteiger partial charge in [-0.3, -0.25) is 9.59 Å². The summed E-state index contributed by atoms with van der Waals surface area (Å²) in [6, 6.07) is 4.91. The standard InChI is InChI=1S/C17H23ClFNO3Si/c1-11(23-24(5,6)17(2,3)4)16(22)20-15(18)14(21)12-7-9-13(19)10-8-12/h7-10,15H,1H2,2-6H3,(H,20,22). The summed E-state index contributed by atoms with van der Waals surface area (Å²) in [6.45, 7) is 13.7. The maximum absolute atomic E-state index is 12.9. The monoisotopic (exact) mass is 371 g/mol. The summed E-state index contributed by atoms with van der Waals surface area (Å²) in [4.78, 5) is 24.3. The summed E-state index contributed by atoms with van der Waals surface area (Å²) < 4.78 is 18.7. The van der Waals surface area contributed by atoms with E-state index in [0.717, 1.165) is 12.1 Å². The van der Waals surface area contributed by atoms with Crippen LogP contribution in [0.2, 0.25) is 18.1 Å². The first-order valence-corrected chi connectivity index (χ1v) is 10.8. The fraction of sp³-hybridized carbons (Fsp3) is 0.412. The molecule has 0 spiro atoms. The van der Waals surface area contributed by atoms with Crippen molar-refractivity contribution in [3.05, 3.63) is 48.0 Å². The predicted molar refractivity (Wildman–Crippen MR) is 95.9 cm³/mol. The quantitative estimate of drug-likeness (QED) is 0.203. The maximum Gasteiger partial charge on any atom is 0.285 e. The minimum absolute atomic E-state index is 0.0702. The van der Waals surface area contributed by atoms with Crippen molar-refractivity contribution >= 4 is 31.6 Å². The second kappa shape index (κ2) is 7.48. The largest absolute Gasteiger partial charge is 0.540 e. The van der Waals surface area contributed by atoms with Crippen LogP contribution in [0.15, 0.2) is 36.6 Å². The van der Waals surface area contributed by atoms with Crippen LogP contribution in [0.5, 0.6) is 0 Å². The number of benzene rings is 1. The van der Waals surface area contributed by atoms with Crippen molar-refractivity contribution in [3.8, 4) is 0 Å². The summed E-state index contributed by atoms with van der Waals surface area (Å²) >= 11 is 5.95. The minimum atomic E-state index is -2.21. The van der Waals surface area contributed by atoms with Gasteiger partial charge in [-0.2, -0.15) is 0 Å². The molecule has 1 aromatic carbocycles. The molecule has 0 aromatic heterocycles. The molecular weight excluding hydrogens is 349 g/mol. The van der Waals surface area contributed by atoms with Crippen LogP contribution in [0.25, 0.3) is 0 Å². The van der Waals surface area contributed by atoms with Gasteiger partial charge in [-0.05, 0) is 42.4 Å². The number of rotatable bonds is 6. The number of hydrogen-bond acceptors (Lipinski definition) is 3. The molecule has 0 aliphatic carbocycles. The number of alkyl halides is 1.